The van der Waals surface area contributed by atoms with Crippen LogP contribution in [0.5, 0.6) is 0 Å². The maximum absolute atomic E-state index is 13.1. The van der Waals surface area contributed by atoms with Crippen molar-refractivity contribution in [1.29, 1.82) is 0 Å². The molecular weight excluding hydrogens is 464 g/mol. The highest BCUT2D eigenvalue weighted by Gasteiger charge is 2.44. The SMILES string of the molecule is CCCCCCCC1CCC(CCC2(C(=O)OC)CCC(C3CCC(CCCCCCC)CC3)CC2)CC1. The van der Waals surface area contributed by atoms with Crippen molar-refractivity contribution in [2.24, 2.45) is 35.0 Å². The van der Waals surface area contributed by atoms with Gasteiger partial charge >= 0.3 is 5.97 Å². The van der Waals surface area contributed by atoms with E-state index in [1.807, 2.05) is 0 Å². The van der Waals surface area contributed by atoms with Crippen molar-refractivity contribution in [2.45, 2.75) is 181 Å². The summed E-state index contributed by atoms with van der Waals surface area (Å²) in [6, 6.07) is 0. The van der Waals surface area contributed by atoms with Gasteiger partial charge in [-0.25, -0.2) is 0 Å². The van der Waals surface area contributed by atoms with Crippen LogP contribution in [0.15, 0.2) is 0 Å². The maximum Gasteiger partial charge on any atom is 0.311 e. The summed E-state index contributed by atoms with van der Waals surface area (Å²) in [7, 11) is 1.63. The molecule has 0 saturated heterocycles. The van der Waals surface area contributed by atoms with E-state index >= 15 is 0 Å². The molecule has 3 aliphatic carbocycles. The van der Waals surface area contributed by atoms with Crippen molar-refractivity contribution in [1.82, 2.24) is 0 Å². The molecule has 0 atom stereocenters. The van der Waals surface area contributed by atoms with E-state index in [0.717, 1.165) is 48.9 Å². The van der Waals surface area contributed by atoms with Gasteiger partial charge in [-0.2, -0.15) is 0 Å². The number of hydrogen-bond donors (Lipinski definition) is 0. The van der Waals surface area contributed by atoms with E-state index in [1.54, 1.807) is 7.11 Å². The van der Waals surface area contributed by atoms with Crippen LogP contribution in [0.4, 0.5) is 0 Å². The van der Waals surface area contributed by atoms with Crippen molar-refractivity contribution in [3.63, 3.8) is 0 Å². The average Bonchev–Trinajstić information content (AvgIpc) is 2.96. The first-order chi connectivity index (χ1) is 18.6. The summed E-state index contributed by atoms with van der Waals surface area (Å²) in [5.41, 5.74) is -0.170. The number of unbranched alkanes of at least 4 members (excludes halogenated alkanes) is 8. The third-order valence-electron chi connectivity index (χ3n) is 11.6. The minimum atomic E-state index is -0.170. The van der Waals surface area contributed by atoms with Crippen molar-refractivity contribution in [3.8, 4) is 0 Å². The van der Waals surface area contributed by atoms with E-state index in [-0.39, 0.29) is 11.4 Å². The second-order valence-corrected chi connectivity index (χ2v) is 14.2. The molecule has 0 N–H and O–H groups in total. The fourth-order valence-corrected chi connectivity index (χ4v) is 8.75. The normalized spacial score (nSPS) is 32.2. The Morgan fingerprint density at radius 2 is 1.00 bits per heavy atom. The van der Waals surface area contributed by atoms with Crippen LogP contribution >= 0.6 is 0 Å². The molecule has 0 heterocycles. The van der Waals surface area contributed by atoms with E-state index in [4.69, 9.17) is 4.74 Å². The first-order valence-electron chi connectivity index (χ1n) is 17.7. The lowest BCUT2D eigenvalue weighted by atomic mass is 9.62. The Bertz CT molecular complexity index is 603. The highest BCUT2D eigenvalue weighted by atomic mass is 16.5. The summed E-state index contributed by atoms with van der Waals surface area (Å²) < 4.78 is 5.44. The molecule has 3 aliphatic rings. The Kier molecular flexibility index (Phi) is 15.2. The van der Waals surface area contributed by atoms with Gasteiger partial charge in [0.1, 0.15) is 0 Å². The fraction of sp³-hybridized carbons (Fsp3) is 0.972. The van der Waals surface area contributed by atoms with Gasteiger partial charge in [0, 0.05) is 0 Å². The Morgan fingerprint density at radius 3 is 1.47 bits per heavy atom. The zero-order valence-electron chi connectivity index (χ0n) is 26.1. The van der Waals surface area contributed by atoms with Gasteiger partial charge in [0.2, 0.25) is 0 Å². The lowest BCUT2D eigenvalue weighted by Gasteiger charge is -2.43. The smallest absolute Gasteiger partial charge is 0.311 e. The molecule has 3 rings (SSSR count). The zero-order chi connectivity index (χ0) is 27.1. The van der Waals surface area contributed by atoms with Gasteiger partial charge in [-0.1, -0.05) is 129 Å². The number of methoxy groups -OCH3 is 1. The standard InChI is InChI=1S/C36H66O2/c1-4-6-8-10-12-14-30-16-18-32(19-17-30)24-27-36(35(37)38-3)28-25-34(26-29-36)33-22-20-31(21-23-33)15-13-11-9-7-5-2/h30-34H,4-29H2,1-3H3. The lowest BCUT2D eigenvalue weighted by molar-refractivity contribution is -0.157. The van der Waals surface area contributed by atoms with Crippen molar-refractivity contribution in [3.05, 3.63) is 0 Å². The third kappa shape index (κ3) is 10.5. The molecule has 0 bridgehead atoms. The molecule has 0 radical (unpaired) electrons. The number of ether oxygens (including phenoxy) is 1. The predicted octanol–water partition coefficient (Wildman–Crippen LogP) is 11.4. The van der Waals surface area contributed by atoms with Crippen LogP contribution in [-0.4, -0.2) is 13.1 Å². The van der Waals surface area contributed by atoms with Gasteiger partial charge in [-0.15, -0.1) is 0 Å². The van der Waals surface area contributed by atoms with E-state index < -0.39 is 0 Å². The van der Waals surface area contributed by atoms with Crippen molar-refractivity contribution >= 4 is 5.97 Å². The molecule has 0 aliphatic heterocycles. The quantitative estimate of drug-likeness (QED) is 0.138. The minimum absolute atomic E-state index is 0.114. The number of carbonyl (C=O) groups excluding carboxylic acids is 1. The van der Waals surface area contributed by atoms with Gasteiger partial charge in [-0.3, -0.25) is 4.79 Å². The molecule has 3 saturated carbocycles. The zero-order valence-corrected chi connectivity index (χ0v) is 26.1. The summed E-state index contributed by atoms with van der Waals surface area (Å²) in [6.07, 6.45) is 35.7. The summed E-state index contributed by atoms with van der Waals surface area (Å²) in [4.78, 5) is 13.1. The Morgan fingerprint density at radius 1 is 0.579 bits per heavy atom. The Labute approximate surface area is 238 Å². The molecule has 0 aromatic heterocycles. The largest absolute Gasteiger partial charge is 0.469 e. The summed E-state index contributed by atoms with van der Waals surface area (Å²) in [6.45, 7) is 4.61. The van der Waals surface area contributed by atoms with Gasteiger partial charge < -0.3 is 4.74 Å². The van der Waals surface area contributed by atoms with E-state index in [9.17, 15) is 4.79 Å². The van der Waals surface area contributed by atoms with E-state index in [1.165, 1.54) is 148 Å². The molecule has 38 heavy (non-hydrogen) atoms. The summed E-state index contributed by atoms with van der Waals surface area (Å²) in [5, 5.41) is 0. The van der Waals surface area contributed by atoms with Crippen LogP contribution in [0.3, 0.4) is 0 Å². The molecule has 0 unspecified atom stereocenters. The van der Waals surface area contributed by atoms with Gasteiger partial charge in [0.05, 0.1) is 12.5 Å². The van der Waals surface area contributed by atoms with Crippen LogP contribution in [0.2, 0.25) is 0 Å². The van der Waals surface area contributed by atoms with Gasteiger partial charge in [-0.05, 0) is 81.0 Å². The molecule has 3 fully saturated rings. The van der Waals surface area contributed by atoms with E-state index in [2.05, 4.69) is 13.8 Å². The van der Waals surface area contributed by atoms with Crippen LogP contribution in [0, 0.1) is 35.0 Å². The van der Waals surface area contributed by atoms with Crippen LogP contribution in [0.25, 0.3) is 0 Å². The van der Waals surface area contributed by atoms with Gasteiger partial charge in [0.15, 0.2) is 0 Å². The highest BCUT2D eigenvalue weighted by molar-refractivity contribution is 5.76. The van der Waals surface area contributed by atoms with E-state index in [0.29, 0.717) is 0 Å². The molecule has 2 nitrogen and oxygen atoms in total. The predicted molar refractivity (Wildman–Crippen MR) is 163 cm³/mol. The Balaban J connectivity index is 1.34. The first kappa shape index (κ1) is 32.0. The number of rotatable bonds is 17. The fourth-order valence-electron chi connectivity index (χ4n) is 8.75. The number of hydrogen-bond acceptors (Lipinski definition) is 2. The third-order valence-corrected chi connectivity index (χ3v) is 11.6. The van der Waals surface area contributed by atoms with Gasteiger partial charge in [0.25, 0.3) is 0 Å². The second kappa shape index (κ2) is 18.0. The molecule has 0 spiro atoms. The minimum Gasteiger partial charge on any atom is -0.469 e. The monoisotopic (exact) mass is 531 g/mol. The molecule has 222 valence electrons. The van der Waals surface area contributed by atoms with Crippen LogP contribution in [0.1, 0.15) is 181 Å². The summed E-state index contributed by atoms with van der Waals surface area (Å²) in [5.74, 6) is 4.74. The molecule has 0 amide bonds. The lowest BCUT2D eigenvalue weighted by Crippen LogP contribution is -2.39. The Hall–Kier alpha value is -0.530. The van der Waals surface area contributed by atoms with Crippen molar-refractivity contribution < 1.29 is 9.53 Å². The number of carbonyl (C=O) groups is 1. The maximum atomic E-state index is 13.1. The molecule has 2 heteroatoms. The highest BCUT2D eigenvalue weighted by Crippen LogP contribution is 2.49. The summed E-state index contributed by atoms with van der Waals surface area (Å²) >= 11 is 0. The molecular formula is C36H66O2. The molecule has 0 aromatic rings. The molecule has 0 aromatic carbocycles. The first-order valence-corrected chi connectivity index (χ1v) is 17.7. The topological polar surface area (TPSA) is 26.3 Å². The average molecular weight is 531 g/mol. The van der Waals surface area contributed by atoms with Crippen LogP contribution in [-0.2, 0) is 9.53 Å². The van der Waals surface area contributed by atoms with Crippen LogP contribution < -0.4 is 0 Å². The second-order valence-electron chi connectivity index (χ2n) is 14.2. The number of esters is 1. The van der Waals surface area contributed by atoms with Crippen molar-refractivity contribution in [2.75, 3.05) is 7.11 Å².